The molecule has 1 aromatic rings. The fraction of sp³-hybridized carbons (Fsp3) is 0.640. The number of carbonyl (C=O) groups is 1. The number of carboxylic acids is 1. The third-order valence-corrected chi connectivity index (χ3v) is 6.95. The summed E-state index contributed by atoms with van der Waals surface area (Å²) in [6.45, 7) is 2.80. The van der Waals surface area contributed by atoms with Crippen LogP contribution in [0.1, 0.15) is 39.0 Å². The largest absolute Gasteiger partial charge is 0.490 e. The standard InChI is InChI=1S/C25H34Cl2O7/c1-2-3-23(25(30)31)33-12-15-4-6-21-20(22(29)11-24(21)34-13-15)7-5-18(28)14-32-19-9-16(26)8-17(27)10-19/h5,7-10,15,18,20-24,28-29H,2-4,6,11-14H2,1H3,(H,30,31)/t15-,18+,20+,21+,22+,23?,24-/m0/s1. The van der Waals surface area contributed by atoms with Crippen LogP contribution in [0.2, 0.25) is 10.0 Å². The van der Waals surface area contributed by atoms with E-state index in [1.807, 2.05) is 13.0 Å². The van der Waals surface area contributed by atoms with Crippen LogP contribution in [-0.4, -0.2) is 65.5 Å². The lowest BCUT2D eigenvalue weighted by Gasteiger charge is -2.21. The van der Waals surface area contributed by atoms with Gasteiger partial charge >= 0.3 is 5.97 Å². The number of aliphatic carboxylic acids is 1. The van der Waals surface area contributed by atoms with Gasteiger partial charge < -0.3 is 29.5 Å². The number of benzene rings is 1. The SMILES string of the molecule is CCCC(OC[C@@H]1CC[C@@H]2[C@@H](C=C[C@@H](O)COc3cc(Cl)cc(Cl)c3)[C@H](O)C[C@@H]2OC1)C(=O)O. The minimum absolute atomic E-state index is 0.0303. The van der Waals surface area contributed by atoms with Crippen molar-refractivity contribution >= 4 is 29.2 Å². The predicted molar refractivity (Wildman–Crippen MR) is 129 cm³/mol. The Morgan fingerprint density at radius 3 is 2.68 bits per heavy atom. The van der Waals surface area contributed by atoms with Crippen LogP contribution in [0.5, 0.6) is 5.75 Å². The molecule has 9 heteroatoms. The highest BCUT2D eigenvalue weighted by Gasteiger charge is 2.43. The molecule has 3 N–H and O–H groups in total. The summed E-state index contributed by atoms with van der Waals surface area (Å²) in [6.07, 6.45) is 4.70. The third-order valence-electron chi connectivity index (χ3n) is 6.52. The van der Waals surface area contributed by atoms with Gasteiger partial charge in [0.2, 0.25) is 0 Å². The van der Waals surface area contributed by atoms with Crippen molar-refractivity contribution in [2.24, 2.45) is 17.8 Å². The number of carboxylic acid groups (broad SMARTS) is 1. The summed E-state index contributed by atoms with van der Waals surface area (Å²) in [5.41, 5.74) is 0. The maximum atomic E-state index is 11.3. The van der Waals surface area contributed by atoms with Crippen LogP contribution in [-0.2, 0) is 14.3 Å². The van der Waals surface area contributed by atoms with Crippen LogP contribution in [0.15, 0.2) is 30.4 Å². The Morgan fingerprint density at radius 2 is 2.00 bits per heavy atom. The lowest BCUT2D eigenvalue weighted by atomic mass is 9.87. The molecule has 34 heavy (non-hydrogen) atoms. The molecule has 7 nitrogen and oxygen atoms in total. The normalized spacial score (nSPS) is 28.9. The van der Waals surface area contributed by atoms with E-state index < -0.39 is 24.3 Å². The predicted octanol–water partition coefficient (Wildman–Crippen LogP) is 4.35. The highest BCUT2D eigenvalue weighted by atomic mass is 35.5. The molecule has 1 saturated heterocycles. The minimum atomic E-state index is -0.928. The van der Waals surface area contributed by atoms with E-state index in [2.05, 4.69) is 0 Å². The first-order chi connectivity index (χ1) is 16.3. The van der Waals surface area contributed by atoms with Gasteiger partial charge in [-0.3, -0.25) is 0 Å². The molecule has 1 saturated carbocycles. The van der Waals surface area contributed by atoms with Crippen molar-refractivity contribution in [3.8, 4) is 5.75 Å². The molecule has 0 aromatic heterocycles. The number of rotatable bonds is 11. The quantitative estimate of drug-likeness (QED) is 0.375. The van der Waals surface area contributed by atoms with Crippen molar-refractivity contribution in [3.05, 3.63) is 40.4 Å². The summed E-state index contributed by atoms with van der Waals surface area (Å²) in [5.74, 6) is -0.341. The second kappa shape index (κ2) is 13.1. The van der Waals surface area contributed by atoms with E-state index in [1.165, 1.54) is 0 Å². The second-order valence-corrected chi connectivity index (χ2v) is 10.0. The number of halogens is 2. The topological polar surface area (TPSA) is 105 Å². The smallest absolute Gasteiger partial charge is 0.332 e. The van der Waals surface area contributed by atoms with Crippen LogP contribution in [0.3, 0.4) is 0 Å². The molecule has 0 spiro atoms. The van der Waals surface area contributed by atoms with Crippen molar-refractivity contribution in [1.29, 1.82) is 0 Å². The van der Waals surface area contributed by atoms with E-state index in [9.17, 15) is 20.1 Å². The molecule has 1 heterocycles. The summed E-state index contributed by atoms with van der Waals surface area (Å²) in [6, 6.07) is 4.85. The van der Waals surface area contributed by atoms with Crippen molar-refractivity contribution in [2.45, 2.75) is 63.4 Å². The molecule has 7 atom stereocenters. The van der Waals surface area contributed by atoms with Crippen LogP contribution in [0.25, 0.3) is 0 Å². The molecule has 0 amide bonds. The summed E-state index contributed by atoms with van der Waals surface area (Å²) in [4.78, 5) is 11.3. The molecule has 0 bridgehead atoms. The Morgan fingerprint density at radius 1 is 1.26 bits per heavy atom. The van der Waals surface area contributed by atoms with E-state index >= 15 is 0 Å². The first kappa shape index (κ1) is 27.2. The fourth-order valence-corrected chi connectivity index (χ4v) is 5.25. The van der Waals surface area contributed by atoms with Gasteiger partial charge in [-0.05, 0) is 43.4 Å². The van der Waals surface area contributed by atoms with Crippen LogP contribution in [0.4, 0.5) is 0 Å². The molecular weight excluding hydrogens is 483 g/mol. The maximum Gasteiger partial charge on any atom is 0.332 e. The van der Waals surface area contributed by atoms with Gasteiger partial charge in [0.25, 0.3) is 0 Å². The first-order valence-electron chi connectivity index (χ1n) is 11.9. The Labute approximate surface area is 210 Å². The first-order valence-corrected chi connectivity index (χ1v) is 12.6. The summed E-state index contributed by atoms with van der Waals surface area (Å²) in [7, 11) is 0. The van der Waals surface area contributed by atoms with E-state index in [0.717, 1.165) is 19.3 Å². The Balaban J connectivity index is 1.51. The Hall–Kier alpha value is -1.35. The van der Waals surface area contributed by atoms with Gasteiger partial charge in [0.1, 0.15) is 18.5 Å². The Kier molecular flexibility index (Phi) is 10.5. The van der Waals surface area contributed by atoms with E-state index in [4.69, 9.17) is 37.4 Å². The van der Waals surface area contributed by atoms with E-state index in [1.54, 1.807) is 24.3 Å². The van der Waals surface area contributed by atoms with Crippen molar-refractivity contribution in [1.82, 2.24) is 0 Å². The van der Waals surface area contributed by atoms with Gasteiger partial charge in [-0.2, -0.15) is 0 Å². The summed E-state index contributed by atoms with van der Waals surface area (Å²) < 4.78 is 17.3. The van der Waals surface area contributed by atoms with Gasteiger partial charge in [-0.15, -0.1) is 0 Å². The maximum absolute atomic E-state index is 11.3. The van der Waals surface area contributed by atoms with Crippen molar-refractivity contribution in [2.75, 3.05) is 19.8 Å². The van der Waals surface area contributed by atoms with Crippen LogP contribution < -0.4 is 4.74 Å². The van der Waals surface area contributed by atoms with Crippen LogP contribution in [0, 0.1) is 17.8 Å². The Bertz CT molecular complexity index is 813. The minimum Gasteiger partial charge on any atom is -0.490 e. The summed E-state index contributed by atoms with van der Waals surface area (Å²) in [5, 5.41) is 31.1. The van der Waals surface area contributed by atoms with Crippen LogP contribution >= 0.6 is 23.2 Å². The lowest BCUT2D eigenvalue weighted by molar-refractivity contribution is -0.152. The third kappa shape index (κ3) is 7.83. The zero-order chi connectivity index (χ0) is 24.7. The average molecular weight is 517 g/mol. The van der Waals surface area contributed by atoms with Gasteiger partial charge in [0.05, 0.1) is 25.4 Å². The molecule has 1 aromatic carbocycles. The molecule has 1 unspecified atom stereocenters. The second-order valence-electron chi connectivity index (χ2n) is 9.18. The molecule has 190 valence electrons. The number of hydrogen-bond donors (Lipinski definition) is 3. The lowest BCUT2D eigenvalue weighted by Crippen LogP contribution is -2.27. The number of ether oxygens (including phenoxy) is 3. The molecule has 2 aliphatic rings. The number of aliphatic hydroxyl groups excluding tert-OH is 2. The monoisotopic (exact) mass is 516 g/mol. The van der Waals surface area contributed by atoms with Crippen molar-refractivity contribution in [3.63, 3.8) is 0 Å². The molecule has 3 rings (SSSR count). The fourth-order valence-electron chi connectivity index (χ4n) is 4.74. The van der Waals surface area contributed by atoms with E-state index in [-0.39, 0.29) is 30.5 Å². The molecular formula is C25H34Cl2O7. The van der Waals surface area contributed by atoms with Gasteiger partial charge in [0.15, 0.2) is 6.10 Å². The average Bonchev–Trinajstić information content (AvgIpc) is 2.94. The molecule has 1 aliphatic carbocycles. The molecule has 1 aliphatic heterocycles. The summed E-state index contributed by atoms with van der Waals surface area (Å²) >= 11 is 11.9. The van der Waals surface area contributed by atoms with Gasteiger partial charge in [0, 0.05) is 28.3 Å². The number of fused-ring (bicyclic) bond motifs is 1. The number of hydrogen-bond acceptors (Lipinski definition) is 6. The molecule has 2 fully saturated rings. The van der Waals surface area contributed by atoms with Gasteiger partial charge in [-0.1, -0.05) is 48.7 Å². The van der Waals surface area contributed by atoms with Crippen molar-refractivity contribution < 1.29 is 34.3 Å². The zero-order valence-electron chi connectivity index (χ0n) is 19.3. The van der Waals surface area contributed by atoms with E-state index in [0.29, 0.717) is 41.9 Å². The molecule has 0 radical (unpaired) electrons. The highest BCUT2D eigenvalue weighted by molar-refractivity contribution is 6.34. The highest BCUT2D eigenvalue weighted by Crippen LogP contribution is 2.41. The number of aliphatic hydroxyl groups is 2. The van der Waals surface area contributed by atoms with Gasteiger partial charge in [-0.25, -0.2) is 4.79 Å². The zero-order valence-corrected chi connectivity index (χ0v) is 20.8.